The second kappa shape index (κ2) is 6.27. The number of amides is 1. The van der Waals surface area contributed by atoms with Crippen LogP contribution in [0.5, 0.6) is 11.5 Å². The van der Waals surface area contributed by atoms with Gasteiger partial charge in [0.1, 0.15) is 0 Å². The summed E-state index contributed by atoms with van der Waals surface area (Å²) in [5, 5.41) is 30.4. The molecule has 1 aromatic carbocycles. The van der Waals surface area contributed by atoms with E-state index < -0.39 is 23.5 Å². The zero-order chi connectivity index (χ0) is 16.2. The molecule has 0 aliphatic carbocycles. The quantitative estimate of drug-likeness (QED) is 0.373. The summed E-state index contributed by atoms with van der Waals surface area (Å²) in [6, 6.07) is 3.01. The first kappa shape index (κ1) is 16.5. The Morgan fingerprint density at radius 2 is 2.05 bits per heavy atom. The highest BCUT2D eigenvalue weighted by molar-refractivity contribution is 5.91. The summed E-state index contributed by atoms with van der Waals surface area (Å²) in [6.45, 7) is 4.88. The highest BCUT2D eigenvalue weighted by Crippen LogP contribution is 2.27. The van der Waals surface area contributed by atoms with Gasteiger partial charge in [0.15, 0.2) is 17.0 Å². The minimum atomic E-state index is -1.76. The molecule has 0 spiro atoms. The van der Waals surface area contributed by atoms with Crippen molar-refractivity contribution in [3.63, 3.8) is 0 Å². The Morgan fingerprint density at radius 1 is 1.43 bits per heavy atom. The maximum absolute atomic E-state index is 11.7. The van der Waals surface area contributed by atoms with Gasteiger partial charge in [-0.05, 0) is 24.6 Å². The number of aromatic hydroxyl groups is 2. The zero-order valence-electron chi connectivity index (χ0n) is 11.5. The van der Waals surface area contributed by atoms with Gasteiger partial charge in [-0.2, -0.15) is 0 Å². The number of rotatable bonds is 6. The predicted octanol–water partition coefficient (Wildman–Crippen LogP) is 0.113. The Morgan fingerprint density at radius 3 is 2.48 bits per heavy atom. The van der Waals surface area contributed by atoms with Gasteiger partial charge in [0.25, 0.3) is 0 Å². The second-order valence-corrected chi connectivity index (χ2v) is 4.76. The van der Waals surface area contributed by atoms with E-state index in [4.69, 9.17) is 5.73 Å². The van der Waals surface area contributed by atoms with Crippen LogP contribution in [-0.2, 0) is 16.0 Å². The van der Waals surface area contributed by atoms with Gasteiger partial charge in [0.05, 0.1) is 6.04 Å². The number of benzene rings is 1. The molecular formula is C14H18N2O5. The minimum Gasteiger partial charge on any atom is -0.504 e. The van der Waals surface area contributed by atoms with Crippen molar-refractivity contribution in [3.8, 4) is 11.5 Å². The van der Waals surface area contributed by atoms with E-state index in [9.17, 15) is 24.9 Å². The summed E-state index contributed by atoms with van der Waals surface area (Å²) in [5.41, 5.74) is 4.07. The van der Waals surface area contributed by atoms with Crippen LogP contribution in [0, 0.1) is 0 Å². The largest absolute Gasteiger partial charge is 0.504 e. The third kappa shape index (κ3) is 3.73. The summed E-state index contributed by atoms with van der Waals surface area (Å²) in [4.78, 5) is 23.2. The molecule has 0 fully saturated rings. The third-order valence-electron chi connectivity index (χ3n) is 3.01. The number of phenolic OH excluding ortho intramolecular Hbond substituents is 2. The molecular weight excluding hydrogens is 276 g/mol. The highest BCUT2D eigenvalue weighted by atomic mass is 16.4. The van der Waals surface area contributed by atoms with Gasteiger partial charge in [0.2, 0.25) is 5.91 Å². The number of carboxylic acids is 1. The number of carbonyl (C=O) groups is 2. The Kier molecular flexibility index (Phi) is 4.93. The molecule has 2 atom stereocenters. The number of carboxylic acid groups (broad SMARTS) is 1. The van der Waals surface area contributed by atoms with Gasteiger partial charge < -0.3 is 26.4 Å². The molecule has 2 unspecified atom stereocenters. The number of carbonyl (C=O) groups excluding carboxylic acids is 1. The van der Waals surface area contributed by atoms with Crippen LogP contribution in [0.2, 0.25) is 0 Å². The molecule has 7 heteroatoms. The van der Waals surface area contributed by atoms with Crippen LogP contribution in [-0.4, -0.2) is 38.8 Å². The van der Waals surface area contributed by atoms with Crippen molar-refractivity contribution in [3.05, 3.63) is 36.4 Å². The van der Waals surface area contributed by atoms with E-state index in [0.29, 0.717) is 5.56 Å². The average Bonchev–Trinajstić information content (AvgIpc) is 2.41. The van der Waals surface area contributed by atoms with Crippen LogP contribution in [0.3, 0.4) is 0 Å². The fraction of sp³-hybridized carbons (Fsp3) is 0.286. The summed E-state index contributed by atoms with van der Waals surface area (Å²) >= 11 is 0. The van der Waals surface area contributed by atoms with Crippen molar-refractivity contribution in [1.29, 1.82) is 0 Å². The van der Waals surface area contributed by atoms with Crippen molar-refractivity contribution in [2.24, 2.45) is 5.73 Å². The average molecular weight is 294 g/mol. The molecule has 6 N–H and O–H groups in total. The molecule has 0 aliphatic rings. The predicted molar refractivity (Wildman–Crippen MR) is 75.8 cm³/mol. The Hall–Kier alpha value is -2.54. The molecule has 1 aromatic rings. The van der Waals surface area contributed by atoms with E-state index in [-0.39, 0.29) is 17.9 Å². The van der Waals surface area contributed by atoms with Crippen LogP contribution in [0.25, 0.3) is 0 Å². The number of hydrogen-bond donors (Lipinski definition) is 5. The van der Waals surface area contributed by atoms with Gasteiger partial charge in [0, 0.05) is 6.42 Å². The molecule has 0 aromatic heterocycles. The lowest BCUT2D eigenvalue weighted by Crippen LogP contribution is -2.57. The summed E-state index contributed by atoms with van der Waals surface area (Å²) in [6.07, 6.45) is 0.942. The molecule has 114 valence electrons. The maximum Gasteiger partial charge on any atom is 0.333 e. The normalized spacial score (nSPS) is 14.8. The van der Waals surface area contributed by atoms with E-state index in [2.05, 4.69) is 11.9 Å². The van der Waals surface area contributed by atoms with Crippen LogP contribution in [0.1, 0.15) is 12.5 Å². The fourth-order valence-corrected chi connectivity index (χ4v) is 1.72. The first-order valence-electron chi connectivity index (χ1n) is 6.17. The fourth-order valence-electron chi connectivity index (χ4n) is 1.72. The van der Waals surface area contributed by atoms with Crippen LogP contribution >= 0.6 is 0 Å². The summed E-state index contributed by atoms with van der Waals surface area (Å²) in [7, 11) is 0. The van der Waals surface area contributed by atoms with Crippen molar-refractivity contribution in [1.82, 2.24) is 5.32 Å². The maximum atomic E-state index is 11.7. The number of nitrogens with one attached hydrogen (secondary N) is 1. The number of nitrogens with two attached hydrogens (primary N) is 1. The Balaban J connectivity index is 3.13. The van der Waals surface area contributed by atoms with E-state index in [0.717, 1.165) is 6.08 Å². The smallest absolute Gasteiger partial charge is 0.333 e. The van der Waals surface area contributed by atoms with Crippen LogP contribution < -0.4 is 11.1 Å². The first-order chi connectivity index (χ1) is 9.71. The third-order valence-corrected chi connectivity index (χ3v) is 3.01. The molecule has 0 saturated carbocycles. The minimum absolute atomic E-state index is 0.155. The lowest BCUT2D eigenvalue weighted by molar-refractivity contribution is -0.145. The zero-order valence-corrected chi connectivity index (χ0v) is 11.5. The Bertz CT molecular complexity index is 570. The number of phenols is 2. The van der Waals surface area contributed by atoms with E-state index in [1.165, 1.54) is 25.1 Å². The van der Waals surface area contributed by atoms with E-state index in [1.807, 2.05) is 0 Å². The van der Waals surface area contributed by atoms with Gasteiger partial charge in [-0.1, -0.05) is 12.1 Å². The molecule has 0 radical (unpaired) electrons. The van der Waals surface area contributed by atoms with Crippen LogP contribution in [0.15, 0.2) is 30.9 Å². The molecule has 1 amide bonds. The van der Waals surface area contributed by atoms with Gasteiger partial charge in [-0.25, -0.2) is 4.79 Å². The van der Waals surface area contributed by atoms with E-state index >= 15 is 0 Å². The molecule has 1 rings (SSSR count). The standard InChI is InChI=1S/C14H18N2O5/c1-3-14(13(20)21,16-12(19)8(2)15)7-9-4-5-10(17)11(18)6-9/h3-6,8,17-18H,1,7,15H2,2H3,(H,16,19)(H,20,21). The lowest BCUT2D eigenvalue weighted by atomic mass is 9.90. The van der Waals surface area contributed by atoms with Crippen molar-refractivity contribution in [2.75, 3.05) is 0 Å². The number of hydrogen-bond acceptors (Lipinski definition) is 5. The first-order valence-corrected chi connectivity index (χ1v) is 6.17. The van der Waals surface area contributed by atoms with Crippen molar-refractivity contribution < 1.29 is 24.9 Å². The van der Waals surface area contributed by atoms with Gasteiger partial charge >= 0.3 is 5.97 Å². The SMILES string of the molecule is C=CC(Cc1ccc(O)c(O)c1)(NC(=O)C(C)N)C(=O)O. The van der Waals surface area contributed by atoms with Crippen molar-refractivity contribution in [2.45, 2.75) is 24.9 Å². The molecule has 0 saturated heterocycles. The highest BCUT2D eigenvalue weighted by Gasteiger charge is 2.38. The topological polar surface area (TPSA) is 133 Å². The Labute approximate surface area is 121 Å². The summed E-state index contributed by atoms with van der Waals surface area (Å²) < 4.78 is 0. The number of aliphatic carboxylic acids is 1. The summed E-state index contributed by atoms with van der Waals surface area (Å²) in [5.74, 6) is -2.65. The molecule has 0 bridgehead atoms. The molecule has 0 heterocycles. The van der Waals surface area contributed by atoms with Crippen molar-refractivity contribution >= 4 is 11.9 Å². The van der Waals surface area contributed by atoms with Crippen LogP contribution in [0.4, 0.5) is 0 Å². The van der Waals surface area contributed by atoms with E-state index in [1.54, 1.807) is 0 Å². The second-order valence-electron chi connectivity index (χ2n) is 4.76. The monoisotopic (exact) mass is 294 g/mol. The lowest BCUT2D eigenvalue weighted by Gasteiger charge is -2.28. The van der Waals surface area contributed by atoms with Gasteiger partial charge in [-0.3, -0.25) is 4.79 Å². The molecule has 7 nitrogen and oxygen atoms in total. The molecule has 21 heavy (non-hydrogen) atoms. The molecule has 0 aliphatic heterocycles. The van der Waals surface area contributed by atoms with Gasteiger partial charge in [-0.15, -0.1) is 6.58 Å².